The van der Waals surface area contributed by atoms with Crippen molar-refractivity contribution in [2.45, 2.75) is 71.4 Å². The number of nitrogens with one attached hydrogen (secondary N) is 1. The Labute approximate surface area is 123 Å². The van der Waals surface area contributed by atoms with Gasteiger partial charge in [-0.1, -0.05) is 33.1 Å². The second-order valence-corrected chi connectivity index (χ2v) is 6.26. The Hall–Kier alpha value is -0.610. The van der Waals surface area contributed by atoms with Crippen LogP contribution in [0.5, 0.6) is 0 Å². The van der Waals surface area contributed by atoms with E-state index in [1.54, 1.807) is 0 Å². The zero-order valence-corrected chi connectivity index (χ0v) is 13.4. The van der Waals surface area contributed by atoms with E-state index < -0.39 is 0 Å². The molecule has 118 valence electrons. The number of aliphatic hydroxyl groups excluding tert-OH is 1. The first kappa shape index (κ1) is 17.4. The van der Waals surface area contributed by atoms with Crippen molar-refractivity contribution >= 4 is 5.91 Å². The SMILES string of the molecule is CCC(C)C(O)CNC(C)CC(=O)N1CCCCCC1. The highest BCUT2D eigenvalue weighted by Gasteiger charge is 2.19. The second-order valence-electron chi connectivity index (χ2n) is 6.26. The predicted octanol–water partition coefficient (Wildman–Crippen LogP) is 2.16. The summed E-state index contributed by atoms with van der Waals surface area (Å²) in [6, 6.07) is 0.129. The van der Waals surface area contributed by atoms with Gasteiger partial charge in [0.1, 0.15) is 0 Å². The summed E-state index contributed by atoms with van der Waals surface area (Å²) in [5, 5.41) is 13.2. The highest BCUT2D eigenvalue weighted by molar-refractivity contribution is 5.76. The molecule has 20 heavy (non-hydrogen) atoms. The number of nitrogens with zero attached hydrogens (tertiary/aromatic N) is 1. The smallest absolute Gasteiger partial charge is 0.224 e. The lowest BCUT2D eigenvalue weighted by atomic mass is 10.0. The van der Waals surface area contributed by atoms with Gasteiger partial charge in [-0.05, 0) is 25.7 Å². The molecule has 0 aromatic carbocycles. The Morgan fingerprint density at radius 3 is 2.35 bits per heavy atom. The summed E-state index contributed by atoms with van der Waals surface area (Å²) in [7, 11) is 0. The molecule has 1 fully saturated rings. The Morgan fingerprint density at radius 1 is 1.20 bits per heavy atom. The fourth-order valence-corrected chi connectivity index (χ4v) is 2.58. The number of hydrogen-bond donors (Lipinski definition) is 2. The maximum atomic E-state index is 12.2. The number of aliphatic hydroxyl groups is 1. The topological polar surface area (TPSA) is 52.6 Å². The van der Waals surface area contributed by atoms with Crippen LogP contribution >= 0.6 is 0 Å². The minimum absolute atomic E-state index is 0.129. The highest BCUT2D eigenvalue weighted by atomic mass is 16.3. The van der Waals surface area contributed by atoms with Crippen LogP contribution in [0.3, 0.4) is 0 Å². The predicted molar refractivity (Wildman–Crippen MR) is 82.6 cm³/mol. The van der Waals surface area contributed by atoms with Crippen LogP contribution in [-0.4, -0.2) is 47.7 Å². The zero-order chi connectivity index (χ0) is 15.0. The van der Waals surface area contributed by atoms with Crippen molar-refractivity contribution in [1.29, 1.82) is 0 Å². The third-order valence-electron chi connectivity index (χ3n) is 4.42. The van der Waals surface area contributed by atoms with Crippen molar-refractivity contribution in [3.8, 4) is 0 Å². The van der Waals surface area contributed by atoms with Gasteiger partial charge < -0.3 is 15.3 Å². The molecule has 0 aromatic heterocycles. The monoisotopic (exact) mass is 284 g/mol. The molecule has 3 atom stereocenters. The number of carbonyl (C=O) groups excluding carboxylic acids is 1. The first-order valence-electron chi connectivity index (χ1n) is 8.23. The Bertz CT molecular complexity index is 276. The molecule has 0 spiro atoms. The van der Waals surface area contributed by atoms with Crippen LogP contribution in [0.1, 0.15) is 59.3 Å². The maximum absolute atomic E-state index is 12.2. The van der Waals surface area contributed by atoms with Crippen molar-refractivity contribution in [1.82, 2.24) is 10.2 Å². The standard InChI is InChI=1S/C16H32N2O2/c1-4-13(2)15(19)12-17-14(3)11-16(20)18-9-7-5-6-8-10-18/h13-15,17,19H,4-12H2,1-3H3. The maximum Gasteiger partial charge on any atom is 0.224 e. The summed E-state index contributed by atoms with van der Waals surface area (Å²) < 4.78 is 0. The Balaban J connectivity index is 2.26. The van der Waals surface area contributed by atoms with Gasteiger partial charge >= 0.3 is 0 Å². The minimum Gasteiger partial charge on any atom is -0.392 e. The summed E-state index contributed by atoms with van der Waals surface area (Å²) in [5.74, 6) is 0.556. The molecule has 0 saturated carbocycles. The molecule has 1 amide bonds. The molecule has 1 aliphatic rings. The molecule has 1 saturated heterocycles. The quantitative estimate of drug-likeness (QED) is 0.753. The average molecular weight is 284 g/mol. The molecule has 0 radical (unpaired) electrons. The minimum atomic E-state index is -0.323. The van der Waals surface area contributed by atoms with E-state index in [9.17, 15) is 9.90 Å². The van der Waals surface area contributed by atoms with Gasteiger partial charge in [-0.15, -0.1) is 0 Å². The molecular weight excluding hydrogens is 252 g/mol. The van der Waals surface area contributed by atoms with Crippen molar-refractivity contribution in [2.75, 3.05) is 19.6 Å². The summed E-state index contributed by atoms with van der Waals surface area (Å²) >= 11 is 0. The molecule has 0 aliphatic carbocycles. The van der Waals surface area contributed by atoms with Gasteiger partial charge in [0.25, 0.3) is 0 Å². The molecule has 1 rings (SSSR count). The number of amides is 1. The molecule has 1 aliphatic heterocycles. The zero-order valence-electron chi connectivity index (χ0n) is 13.4. The van der Waals surface area contributed by atoms with E-state index in [0.717, 1.165) is 32.4 Å². The van der Waals surface area contributed by atoms with Crippen molar-refractivity contribution in [3.05, 3.63) is 0 Å². The highest BCUT2D eigenvalue weighted by Crippen LogP contribution is 2.12. The van der Waals surface area contributed by atoms with Gasteiger partial charge in [-0.2, -0.15) is 0 Å². The Kier molecular flexibility index (Phi) is 8.15. The van der Waals surface area contributed by atoms with Crippen LogP contribution in [0.2, 0.25) is 0 Å². The largest absolute Gasteiger partial charge is 0.392 e. The van der Waals surface area contributed by atoms with Crippen molar-refractivity contribution in [3.63, 3.8) is 0 Å². The van der Waals surface area contributed by atoms with E-state index in [-0.39, 0.29) is 18.1 Å². The lowest BCUT2D eigenvalue weighted by Crippen LogP contribution is -2.41. The van der Waals surface area contributed by atoms with Gasteiger partial charge in [-0.3, -0.25) is 4.79 Å². The molecule has 0 aromatic rings. The first-order valence-corrected chi connectivity index (χ1v) is 8.23. The van der Waals surface area contributed by atoms with E-state index in [4.69, 9.17) is 0 Å². The summed E-state index contributed by atoms with van der Waals surface area (Å²) in [4.78, 5) is 14.2. The lowest BCUT2D eigenvalue weighted by Gasteiger charge is -2.24. The van der Waals surface area contributed by atoms with E-state index >= 15 is 0 Å². The van der Waals surface area contributed by atoms with Crippen LogP contribution in [0, 0.1) is 5.92 Å². The van der Waals surface area contributed by atoms with Gasteiger partial charge in [0.05, 0.1) is 6.10 Å². The molecule has 4 nitrogen and oxygen atoms in total. The fraction of sp³-hybridized carbons (Fsp3) is 0.938. The molecular formula is C16H32N2O2. The van der Waals surface area contributed by atoms with Crippen LogP contribution in [0.4, 0.5) is 0 Å². The number of carbonyl (C=O) groups is 1. The normalized spacial score (nSPS) is 21.1. The molecule has 2 N–H and O–H groups in total. The van der Waals surface area contributed by atoms with E-state index in [1.807, 2.05) is 11.8 Å². The fourth-order valence-electron chi connectivity index (χ4n) is 2.58. The van der Waals surface area contributed by atoms with Crippen LogP contribution in [0.25, 0.3) is 0 Å². The van der Waals surface area contributed by atoms with Crippen LogP contribution in [-0.2, 0) is 4.79 Å². The van der Waals surface area contributed by atoms with Crippen molar-refractivity contribution in [2.24, 2.45) is 5.92 Å². The Morgan fingerprint density at radius 2 is 1.80 bits per heavy atom. The summed E-state index contributed by atoms with van der Waals surface area (Å²) in [5.41, 5.74) is 0. The number of rotatable bonds is 7. The molecule has 4 heteroatoms. The van der Waals surface area contributed by atoms with E-state index in [0.29, 0.717) is 18.9 Å². The van der Waals surface area contributed by atoms with Crippen LogP contribution < -0.4 is 5.32 Å². The summed E-state index contributed by atoms with van der Waals surface area (Å²) in [6.45, 7) is 8.57. The first-order chi connectivity index (χ1) is 9.54. The molecule has 0 bridgehead atoms. The van der Waals surface area contributed by atoms with Gasteiger partial charge in [0.2, 0.25) is 5.91 Å². The molecule has 1 heterocycles. The number of likely N-dealkylation sites (tertiary alicyclic amines) is 1. The van der Waals surface area contributed by atoms with Crippen LogP contribution in [0.15, 0.2) is 0 Å². The van der Waals surface area contributed by atoms with Crippen molar-refractivity contribution < 1.29 is 9.90 Å². The average Bonchev–Trinajstić information content (AvgIpc) is 2.72. The van der Waals surface area contributed by atoms with Gasteiger partial charge in [-0.25, -0.2) is 0 Å². The summed E-state index contributed by atoms with van der Waals surface area (Å²) in [6.07, 6.45) is 5.96. The second kappa shape index (κ2) is 9.35. The van der Waals surface area contributed by atoms with Gasteiger partial charge in [0.15, 0.2) is 0 Å². The van der Waals surface area contributed by atoms with E-state index in [2.05, 4.69) is 19.2 Å². The lowest BCUT2D eigenvalue weighted by molar-refractivity contribution is -0.131. The van der Waals surface area contributed by atoms with Gasteiger partial charge in [0, 0.05) is 32.1 Å². The molecule has 3 unspecified atom stereocenters. The third-order valence-corrected chi connectivity index (χ3v) is 4.42. The van der Waals surface area contributed by atoms with E-state index in [1.165, 1.54) is 12.8 Å². The number of hydrogen-bond acceptors (Lipinski definition) is 3. The third kappa shape index (κ3) is 6.23.